The second-order valence-electron chi connectivity index (χ2n) is 4.91. The topological polar surface area (TPSA) is 55.8 Å². The van der Waals surface area contributed by atoms with Crippen molar-refractivity contribution in [1.29, 1.82) is 0 Å². The molecule has 0 aliphatic carbocycles. The first-order valence-corrected chi connectivity index (χ1v) is 6.34. The van der Waals surface area contributed by atoms with Gasteiger partial charge < -0.3 is 14.6 Å². The second-order valence-corrected chi connectivity index (χ2v) is 4.91. The molecule has 0 amide bonds. The van der Waals surface area contributed by atoms with E-state index in [2.05, 4.69) is 0 Å². The number of phenolic OH excluding ortho intramolecular Hbond substituents is 1. The second kappa shape index (κ2) is 4.61. The van der Waals surface area contributed by atoms with E-state index in [0.717, 1.165) is 26.1 Å². The Morgan fingerprint density at radius 2 is 2.00 bits per heavy atom. The Balaban J connectivity index is 1.82. The van der Waals surface area contributed by atoms with Gasteiger partial charge in [-0.1, -0.05) is 0 Å². The van der Waals surface area contributed by atoms with Gasteiger partial charge in [-0.15, -0.1) is 0 Å². The Morgan fingerprint density at radius 1 is 1.22 bits per heavy atom. The molecule has 2 aliphatic rings. The minimum atomic E-state index is -0.0431. The molecule has 1 fully saturated rings. The summed E-state index contributed by atoms with van der Waals surface area (Å²) in [6.45, 7) is 1.50. The average Bonchev–Trinajstić information content (AvgIpc) is 2.40. The SMILES string of the molecule is O=C1CC(C2CCOCC2)Oc2ccc(O)cc21. The lowest BCUT2D eigenvalue weighted by molar-refractivity contribution is 0.0119. The zero-order valence-corrected chi connectivity index (χ0v) is 10.1. The fourth-order valence-corrected chi connectivity index (χ4v) is 2.69. The van der Waals surface area contributed by atoms with Gasteiger partial charge in [-0.2, -0.15) is 0 Å². The predicted octanol–water partition coefficient (Wildman–Crippen LogP) is 2.15. The quantitative estimate of drug-likeness (QED) is 0.827. The molecule has 1 aromatic carbocycles. The van der Waals surface area contributed by atoms with Gasteiger partial charge in [-0.05, 0) is 31.0 Å². The van der Waals surface area contributed by atoms with E-state index < -0.39 is 0 Å². The summed E-state index contributed by atoms with van der Waals surface area (Å²) >= 11 is 0. The van der Waals surface area contributed by atoms with Crippen molar-refractivity contribution in [3.8, 4) is 11.5 Å². The average molecular weight is 248 g/mol. The maximum Gasteiger partial charge on any atom is 0.170 e. The molecule has 4 nitrogen and oxygen atoms in total. The number of aromatic hydroxyl groups is 1. The zero-order chi connectivity index (χ0) is 12.5. The van der Waals surface area contributed by atoms with Gasteiger partial charge in [0.25, 0.3) is 0 Å². The molecule has 1 aromatic rings. The highest BCUT2D eigenvalue weighted by molar-refractivity contribution is 6.00. The molecule has 1 unspecified atom stereocenters. The lowest BCUT2D eigenvalue weighted by atomic mass is 9.87. The fourth-order valence-electron chi connectivity index (χ4n) is 2.69. The van der Waals surface area contributed by atoms with Crippen molar-refractivity contribution in [2.45, 2.75) is 25.4 Å². The number of rotatable bonds is 1. The van der Waals surface area contributed by atoms with Crippen LogP contribution in [0.1, 0.15) is 29.6 Å². The largest absolute Gasteiger partial charge is 0.508 e. The van der Waals surface area contributed by atoms with Crippen LogP contribution >= 0.6 is 0 Å². The van der Waals surface area contributed by atoms with Crippen LogP contribution in [0.4, 0.5) is 0 Å². The van der Waals surface area contributed by atoms with E-state index in [1.807, 2.05) is 0 Å². The monoisotopic (exact) mass is 248 g/mol. The highest BCUT2D eigenvalue weighted by atomic mass is 16.5. The Bertz CT molecular complexity index is 463. The molecule has 4 heteroatoms. The van der Waals surface area contributed by atoms with E-state index in [1.165, 1.54) is 6.07 Å². The van der Waals surface area contributed by atoms with E-state index in [0.29, 0.717) is 23.7 Å². The van der Waals surface area contributed by atoms with Crippen LogP contribution in [-0.4, -0.2) is 30.2 Å². The van der Waals surface area contributed by atoms with Crippen molar-refractivity contribution in [1.82, 2.24) is 0 Å². The molecule has 1 N–H and O–H groups in total. The predicted molar refractivity (Wildman–Crippen MR) is 65.0 cm³/mol. The first-order chi connectivity index (χ1) is 8.74. The number of phenols is 1. The summed E-state index contributed by atoms with van der Waals surface area (Å²) in [5, 5.41) is 9.40. The lowest BCUT2D eigenvalue weighted by Gasteiger charge is -2.33. The summed E-state index contributed by atoms with van der Waals surface area (Å²) in [4.78, 5) is 12.1. The molecule has 1 atom stereocenters. The third-order valence-electron chi connectivity index (χ3n) is 3.72. The number of hydrogen-bond acceptors (Lipinski definition) is 4. The Kier molecular flexibility index (Phi) is 2.96. The molecule has 3 rings (SSSR count). The summed E-state index contributed by atoms with van der Waals surface area (Å²) in [5.41, 5.74) is 0.498. The van der Waals surface area contributed by atoms with Gasteiger partial charge in [0, 0.05) is 25.6 Å². The van der Waals surface area contributed by atoms with Crippen molar-refractivity contribution in [2.75, 3.05) is 13.2 Å². The van der Waals surface area contributed by atoms with Crippen LogP contribution in [0.25, 0.3) is 0 Å². The van der Waals surface area contributed by atoms with Gasteiger partial charge in [0.15, 0.2) is 5.78 Å². The van der Waals surface area contributed by atoms with Gasteiger partial charge in [-0.3, -0.25) is 4.79 Å². The van der Waals surface area contributed by atoms with Gasteiger partial charge in [-0.25, -0.2) is 0 Å². The molecule has 2 aliphatic heterocycles. The number of fused-ring (bicyclic) bond motifs is 1. The molecule has 0 radical (unpaired) electrons. The number of Topliss-reactive ketones (excluding diaryl/α,β-unsaturated/α-hetero) is 1. The molecule has 96 valence electrons. The first kappa shape index (κ1) is 11.5. The highest BCUT2D eigenvalue weighted by Crippen LogP contribution is 2.34. The minimum absolute atomic E-state index is 0.0431. The Hall–Kier alpha value is -1.55. The van der Waals surface area contributed by atoms with E-state index >= 15 is 0 Å². The number of carbonyl (C=O) groups excluding carboxylic acids is 1. The normalized spacial score (nSPS) is 24.4. The van der Waals surface area contributed by atoms with E-state index in [-0.39, 0.29) is 17.6 Å². The number of carbonyl (C=O) groups is 1. The summed E-state index contributed by atoms with van der Waals surface area (Å²) in [7, 11) is 0. The fraction of sp³-hybridized carbons (Fsp3) is 0.500. The van der Waals surface area contributed by atoms with Gasteiger partial charge in [0.1, 0.15) is 17.6 Å². The molecule has 0 spiro atoms. The molecular formula is C14H16O4. The highest BCUT2D eigenvalue weighted by Gasteiger charge is 2.33. The maximum absolute atomic E-state index is 12.1. The zero-order valence-electron chi connectivity index (χ0n) is 10.1. The Labute approximate surface area is 106 Å². The van der Waals surface area contributed by atoms with Crippen molar-refractivity contribution in [3.63, 3.8) is 0 Å². The first-order valence-electron chi connectivity index (χ1n) is 6.34. The molecule has 0 aromatic heterocycles. The smallest absolute Gasteiger partial charge is 0.170 e. The van der Waals surface area contributed by atoms with Crippen LogP contribution in [-0.2, 0) is 4.74 Å². The summed E-state index contributed by atoms with van der Waals surface area (Å²) in [5.74, 6) is 1.16. The molecule has 0 bridgehead atoms. The third kappa shape index (κ3) is 2.08. The van der Waals surface area contributed by atoms with Crippen molar-refractivity contribution >= 4 is 5.78 Å². The van der Waals surface area contributed by atoms with Crippen LogP contribution in [0.15, 0.2) is 18.2 Å². The Morgan fingerprint density at radius 3 is 2.78 bits per heavy atom. The van der Waals surface area contributed by atoms with E-state index in [1.54, 1.807) is 12.1 Å². The van der Waals surface area contributed by atoms with Crippen LogP contribution < -0.4 is 4.74 Å². The van der Waals surface area contributed by atoms with Crippen LogP contribution in [0.2, 0.25) is 0 Å². The summed E-state index contributed by atoms with van der Waals surface area (Å²) in [6, 6.07) is 4.71. The molecule has 0 saturated carbocycles. The molecule has 1 saturated heterocycles. The number of benzene rings is 1. The summed E-state index contributed by atoms with van der Waals surface area (Å²) < 4.78 is 11.2. The van der Waals surface area contributed by atoms with Crippen molar-refractivity contribution in [3.05, 3.63) is 23.8 Å². The minimum Gasteiger partial charge on any atom is -0.508 e. The van der Waals surface area contributed by atoms with Crippen LogP contribution in [0.5, 0.6) is 11.5 Å². The maximum atomic E-state index is 12.1. The molecule has 2 heterocycles. The molecular weight excluding hydrogens is 232 g/mol. The molecule has 18 heavy (non-hydrogen) atoms. The van der Waals surface area contributed by atoms with Crippen molar-refractivity contribution < 1.29 is 19.4 Å². The van der Waals surface area contributed by atoms with Crippen LogP contribution in [0.3, 0.4) is 0 Å². The van der Waals surface area contributed by atoms with Gasteiger partial charge >= 0.3 is 0 Å². The third-order valence-corrected chi connectivity index (χ3v) is 3.72. The van der Waals surface area contributed by atoms with E-state index in [4.69, 9.17) is 9.47 Å². The number of hydrogen-bond donors (Lipinski definition) is 1. The number of ether oxygens (including phenoxy) is 2. The van der Waals surface area contributed by atoms with Crippen molar-refractivity contribution in [2.24, 2.45) is 5.92 Å². The van der Waals surface area contributed by atoms with Crippen LogP contribution in [0, 0.1) is 5.92 Å². The summed E-state index contributed by atoms with van der Waals surface area (Å²) in [6.07, 6.45) is 2.26. The standard InChI is InChI=1S/C14H16O4/c15-10-1-2-13-11(7-10)12(16)8-14(18-13)9-3-5-17-6-4-9/h1-2,7,9,14-15H,3-6,8H2. The lowest BCUT2D eigenvalue weighted by Crippen LogP contribution is -2.36. The van der Waals surface area contributed by atoms with Gasteiger partial charge in [0.2, 0.25) is 0 Å². The van der Waals surface area contributed by atoms with E-state index in [9.17, 15) is 9.90 Å². The number of ketones is 1. The van der Waals surface area contributed by atoms with Gasteiger partial charge in [0.05, 0.1) is 5.56 Å².